The molecule has 4 nitrogen and oxygen atoms in total. The molecule has 3 rings (SSSR count). The number of guanidine groups is 1. The van der Waals surface area contributed by atoms with E-state index in [0.717, 1.165) is 11.5 Å². The Morgan fingerprint density at radius 2 is 1.74 bits per heavy atom. The largest absolute Gasteiger partial charge is 0.352 e. The third-order valence-corrected chi connectivity index (χ3v) is 4.39. The van der Waals surface area contributed by atoms with Gasteiger partial charge in [-0.05, 0) is 47.0 Å². The third-order valence-electron chi connectivity index (χ3n) is 4.39. The second-order valence-corrected chi connectivity index (χ2v) is 6.21. The fraction of sp³-hybridized carbons (Fsp3) is 0.182. The van der Waals surface area contributed by atoms with Crippen molar-refractivity contribution >= 4 is 40.7 Å². The average molecular weight is 470 g/mol. The molecular formula is C22H23IN4. The van der Waals surface area contributed by atoms with E-state index in [0.29, 0.717) is 12.1 Å². The van der Waals surface area contributed by atoms with E-state index in [4.69, 9.17) is 5.26 Å². The summed E-state index contributed by atoms with van der Waals surface area (Å²) in [5, 5.41) is 18.1. The predicted molar refractivity (Wildman–Crippen MR) is 122 cm³/mol. The lowest BCUT2D eigenvalue weighted by molar-refractivity contribution is 0.686. The molecule has 0 radical (unpaired) electrons. The summed E-state index contributed by atoms with van der Waals surface area (Å²) in [6, 6.07) is 24.7. The molecule has 0 heterocycles. The highest BCUT2D eigenvalue weighted by atomic mass is 127. The quantitative estimate of drug-likeness (QED) is 0.329. The first kappa shape index (κ1) is 20.7. The van der Waals surface area contributed by atoms with Crippen LogP contribution in [0, 0.1) is 11.3 Å². The number of rotatable bonds is 4. The molecule has 138 valence electrons. The maximum absolute atomic E-state index is 8.86. The van der Waals surface area contributed by atoms with Gasteiger partial charge in [-0.2, -0.15) is 5.26 Å². The van der Waals surface area contributed by atoms with Crippen molar-refractivity contribution in [3.63, 3.8) is 0 Å². The van der Waals surface area contributed by atoms with Crippen LogP contribution in [0.5, 0.6) is 0 Å². The smallest absolute Gasteiger partial charge is 0.191 e. The van der Waals surface area contributed by atoms with Crippen LogP contribution < -0.4 is 10.6 Å². The second-order valence-electron chi connectivity index (χ2n) is 6.21. The van der Waals surface area contributed by atoms with Crippen LogP contribution in [-0.2, 0) is 6.54 Å². The van der Waals surface area contributed by atoms with Gasteiger partial charge in [0.25, 0.3) is 0 Å². The van der Waals surface area contributed by atoms with Crippen molar-refractivity contribution in [3.8, 4) is 6.07 Å². The predicted octanol–water partition coefficient (Wildman–Crippen LogP) is 4.76. The maximum atomic E-state index is 8.86. The van der Waals surface area contributed by atoms with Gasteiger partial charge in [-0.15, -0.1) is 24.0 Å². The molecule has 0 amide bonds. The zero-order valence-corrected chi connectivity index (χ0v) is 17.8. The molecule has 2 N–H and O–H groups in total. The molecule has 27 heavy (non-hydrogen) atoms. The fourth-order valence-electron chi connectivity index (χ4n) is 2.84. The van der Waals surface area contributed by atoms with Crippen LogP contribution >= 0.6 is 24.0 Å². The Morgan fingerprint density at radius 3 is 2.41 bits per heavy atom. The van der Waals surface area contributed by atoms with Crippen LogP contribution in [0.4, 0.5) is 0 Å². The number of nitriles is 1. The highest BCUT2D eigenvalue weighted by Crippen LogP contribution is 2.20. The van der Waals surface area contributed by atoms with E-state index in [9.17, 15) is 0 Å². The standard InChI is InChI=1S/C22H22N4.HI/c1-16(20-12-11-19-5-3-4-6-21(19)13-20)26-22(24-2)25-15-18-9-7-17(14-23)8-10-18;/h3-13,16H,15H2,1-2H3,(H2,24,25,26);1H. The van der Waals surface area contributed by atoms with Gasteiger partial charge in [0, 0.05) is 13.6 Å². The van der Waals surface area contributed by atoms with Gasteiger partial charge < -0.3 is 10.6 Å². The SMILES string of the molecule is CN=C(NCc1ccc(C#N)cc1)NC(C)c1ccc2ccccc2c1.I. The lowest BCUT2D eigenvalue weighted by Gasteiger charge is -2.19. The Kier molecular flexibility index (Phi) is 7.62. The van der Waals surface area contributed by atoms with Crippen molar-refractivity contribution in [1.82, 2.24) is 10.6 Å². The minimum atomic E-state index is 0. The van der Waals surface area contributed by atoms with E-state index in [1.807, 2.05) is 24.3 Å². The number of benzene rings is 3. The number of nitrogens with zero attached hydrogens (tertiary/aromatic N) is 2. The summed E-state index contributed by atoms with van der Waals surface area (Å²) in [6.07, 6.45) is 0. The fourth-order valence-corrected chi connectivity index (χ4v) is 2.84. The molecule has 3 aromatic rings. The molecule has 0 aliphatic carbocycles. The molecule has 3 aromatic carbocycles. The highest BCUT2D eigenvalue weighted by molar-refractivity contribution is 14.0. The van der Waals surface area contributed by atoms with Crippen LogP contribution in [0.15, 0.2) is 71.7 Å². The Hall–Kier alpha value is -2.59. The number of hydrogen-bond donors (Lipinski definition) is 2. The molecule has 0 saturated carbocycles. The Labute approximate surface area is 177 Å². The van der Waals surface area contributed by atoms with Crippen molar-refractivity contribution in [2.75, 3.05) is 7.05 Å². The molecule has 0 spiro atoms. The molecule has 0 aromatic heterocycles. The van der Waals surface area contributed by atoms with Crippen molar-refractivity contribution < 1.29 is 0 Å². The van der Waals surface area contributed by atoms with Crippen molar-refractivity contribution in [2.45, 2.75) is 19.5 Å². The Balaban J connectivity index is 0.00000261. The lowest BCUT2D eigenvalue weighted by atomic mass is 10.0. The Morgan fingerprint density at radius 1 is 1.04 bits per heavy atom. The van der Waals surface area contributed by atoms with Gasteiger partial charge in [0.15, 0.2) is 5.96 Å². The van der Waals surface area contributed by atoms with Crippen LogP contribution in [-0.4, -0.2) is 13.0 Å². The number of nitrogens with one attached hydrogen (secondary N) is 2. The molecule has 0 saturated heterocycles. The molecule has 1 unspecified atom stereocenters. The van der Waals surface area contributed by atoms with Crippen molar-refractivity contribution in [3.05, 3.63) is 83.4 Å². The van der Waals surface area contributed by atoms with Crippen LogP contribution in [0.25, 0.3) is 10.8 Å². The zero-order chi connectivity index (χ0) is 18.4. The molecule has 0 aliphatic rings. The number of hydrogen-bond acceptors (Lipinski definition) is 2. The van der Waals surface area contributed by atoms with E-state index in [-0.39, 0.29) is 30.0 Å². The van der Waals surface area contributed by atoms with E-state index < -0.39 is 0 Å². The van der Waals surface area contributed by atoms with Crippen molar-refractivity contribution in [2.24, 2.45) is 4.99 Å². The van der Waals surface area contributed by atoms with Gasteiger partial charge in [-0.1, -0.05) is 48.5 Å². The maximum Gasteiger partial charge on any atom is 0.191 e. The lowest BCUT2D eigenvalue weighted by Crippen LogP contribution is -2.38. The van der Waals surface area contributed by atoms with Crippen LogP contribution in [0.2, 0.25) is 0 Å². The first-order valence-corrected chi connectivity index (χ1v) is 8.64. The Bertz CT molecular complexity index is 958. The van der Waals surface area contributed by atoms with Crippen LogP contribution in [0.3, 0.4) is 0 Å². The number of aliphatic imine (C=N–C) groups is 1. The molecule has 0 bridgehead atoms. The number of fused-ring (bicyclic) bond motifs is 1. The first-order valence-electron chi connectivity index (χ1n) is 8.64. The van der Waals surface area contributed by atoms with Gasteiger partial charge in [-0.25, -0.2) is 0 Å². The van der Waals surface area contributed by atoms with Gasteiger partial charge in [0.05, 0.1) is 17.7 Å². The van der Waals surface area contributed by atoms with Crippen LogP contribution in [0.1, 0.15) is 29.7 Å². The van der Waals surface area contributed by atoms with E-state index in [2.05, 4.69) is 71.1 Å². The summed E-state index contributed by atoms with van der Waals surface area (Å²) in [5.74, 6) is 0.745. The minimum absolute atomic E-state index is 0. The normalized spacial score (nSPS) is 12.0. The molecule has 5 heteroatoms. The molecule has 1 atom stereocenters. The number of halogens is 1. The van der Waals surface area contributed by atoms with Gasteiger partial charge >= 0.3 is 0 Å². The second kappa shape index (κ2) is 9.93. The van der Waals surface area contributed by atoms with Crippen molar-refractivity contribution in [1.29, 1.82) is 5.26 Å². The molecule has 0 fully saturated rings. The monoisotopic (exact) mass is 470 g/mol. The van der Waals surface area contributed by atoms with E-state index >= 15 is 0 Å². The van der Waals surface area contributed by atoms with Gasteiger partial charge in [-0.3, -0.25) is 4.99 Å². The summed E-state index contributed by atoms with van der Waals surface area (Å²) in [6.45, 7) is 2.77. The van der Waals surface area contributed by atoms with E-state index in [1.165, 1.54) is 16.3 Å². The highest BCUT2D eigenvalue weighted by Gasteiger charge is 2.08. The topological polar surface area (TPSA) is 60.2 Å². The van der Waals surface area contributed by atoms with E-state index in [1.54, 1.807) is 7.05 Å². The minimum Gasteiger partial charge on any atom is -0.352 e. The molecule has 0 aliphatic heterocycles. The first-order chi connectivity index (χ1) is 12.7. The van der Waals surface area contributed by atoms with Gasteiger partial charge in [0.2, 0.25) is 0 Å². The summed E-state index contributed by atoms with van der Waals surface area (Å²) in [5.41, 5.74) is 2.98. The summed E-state index contributed by atoms with van der Waals surface area (Å²) < 4.78 is 0. The summed E-state index contributed by atoms with van der Waals surface area (Å²) in [4.78, 5) is 4.31. The summed E-state index contributed by atoms with van der Waals surface area (Å²) >= 11 is 0. The summed E-state index contributed by atoms with van der Waals surface area (Å²) in [7, 11) is 1.77. The van der Waals surface area contributed by atoms with Gasteiger partial charge in [0.1, 0.15) is 0 Å². The zero-order valence-electron chi connectivity index (χ0n) is 15.4. The molecular weight excluding hydrogens is 447 g/mol. The average Bonchev–Trinajstić information content (AvgIpc) is 2.70. The third kappa shape index (κ3) is 5.44.